The number of nitrogens with zero attached hydrogens (tertiary/aromatic N) is 3. The van der Waals surface area contributed by atoms with E-state index in [-0.39, 0.29) is 16.3 Å². The van der Waals surface area contributed by atoms with Crippen LogP contribution in [0.5, 0.6) is 5.75 Å². The topological polar surface area (TPSA) is 93.0 Å². The van der Waals surface area contributed by atoms with Gasteiger partial charge in [0.2, 0.25) is 0 Å². The lowest BCUT2D eigenvalue weighted by molar-refractivity contribution is -0.119. The van der Waals surface area contributed by atoms with Gasteiger partial charge in [0.25, 0.3) is 15.9 Å². The highest BCUT2D eigenvalue weighted by atomic mass is 35.5. The molecule has 0 aliphatic rings. The van der Waals surface area contributed by atoms with E-state index in [4.69, 9.17) is 16.3 Å². The summed E-state index contributed by atoms with van der Waals surface area (Å²) in [5, 5.41) is 4.41. The van der Waals surface area contributed by atoms with E-state index in [0.29, 0.717) is 5.02 Å². The summed E-state index contributed by atoms with van der Waals surface area (Å²) in [6.45, 7) is 7.31. The van der Waals surface area contributed by atoms with Crippen molar-refractivity contribution in [1.82, 2.24) is 9.99 Å². The fourth-order valence-electron chi connectivity index (χ4n) is 4.34. The highest BCUT2D eigenvalue weighted by Gasteiger charge is 2.29. The van der Waals surface area contributed by atoms with Crippen molar-refractivity contribution in [1.29, 1.82) is 0 Å². The lowest BCUT2D eigenvalue weighted by atomic mass is 10.2. The molecule has 0 aliphatic carbocycles. The Labute approximate surface area is 239 Å². The van der Waals surface area contributed by atoms with Gasteiger partial charge in [-0.15, -0.1) is 0 Å². The summed E-state index contributed by atoms with van der Waals surface area (Å²) in [6, 6.07) is 21.1. The number of rotatable bonds is 9. The average Bonchev–Trinajstić information content (AvgIpc) is 3.20. The molecule has 1 aromatic heterocycles. The number of nitrogens with one attached hydrogen (secondary N) is 1. The van der Waals surface area contributed by atoms with Gasteiger partial charge in [-0.05, 0) is 76.2 Å². The number of methoxy groups -OCH3 is 1. The molecule has 0 spiro atoms. The van der Waals surface area contributed by atoms with Crippen LogP contribution < -0.4 is 14.5 Å². The first-order valence-electron chi connectivity index (χ1n) is 12.5. The van der Waals surface area contributed by atoms with Gasteiger partial charge in [0.05, 0.1) is 23.9 Å². The van der Waals surface area contributed by atoms with E-state index >= 15 is 0 Å². The van der Waals surface area contributed by atoms with Crippen LogP contribution in [-0.2, 0) is 14.8 Å². The molecule has 10 heteroatoms. The van der Waals surface area contributed by atoms with Crippen molar-refractivity contribution in [2.75, 3.05) is 18.0 Å². The molecule has 0 atom stereocenters. The van der Waals surface area contributed by atoms with E-state index in [1.165, 1.54) is 30.9 Å². The van der Waals surface area contributed by atoms with Crippen LogP contribution >= 0.6 is 11.6 Å². The quantitative estimate of drug-likeness (QED) is 0.203. The molecular formula is C30H31ClN4O4S. The van der Waals surface area contributed by atoms with Gasteiger partial charge in [-0.25, -0.2) is 13.8 Å². The summed E-state index contributed by atoms with van der Waals surface area (Å²) in [5.74, 6) is -0.388. The Morgan fingerprint density at radius 2 is 1.60 bits per heavy atom. The number of benzene rings is 3. The summed E-state index contributed by atoms with van der Waals surface area (Å²) in [7, 11) is -2.74. The van der Waals surface area contributed by atoms with E-state index in [2.05, 4.69) is 15.1 Å². The molecule has 1 N–H and O–H groups in total. The van der Waals surface area contributed by atoms with Gasteiger partial charge in [0, 0.05) is 27.7 Å². The molecule has 0 radical (unpaired) electrons. The summed E-state index contributed by atoms with van der Waals surface area (Å²) in [5.41, 5.74) is 8.47. The highest BCUT2D eigenvalue weighted by Crippen LogP contribution is 2.34. The molecule has 0 saturated carbocycles. The minimum atomic E-state index is -4.16. The standard InChI is InChI=1S/C30H31ClN4O4S/c1-20-6-11-26(12-7-20)35-22(3)16-24(23(35)4)18-32-33-30(36)19-34(28-17-25(31)10-15-29(28)39-5)40(37,38)27-13-8-21(2)9-14-27/h6-18H,19H2,1-5H3,(H,33,36)/b32-18-. The number of carbonyl (C=O) groups is 1. The number of hydrazone groups is 1. The van der Waals surface area contributed by atoms with Crippen LogP contribution in [0.2, 0.25) is 5.02 Å². The minimum Gasteiger partial charge on any atom is -0.495 e. The SMILES string of the molecule is COc1ccc(Cl)cc1N(CC(=O)N/N=C\c1cc(C)n(-c2ccc(C)cc2)c1C)S(=O)(=O)c1ccc(C)cc1. The first kappa shape index (κ1) is 28.9. The van der Waals surface area contributed by atoms with Gasteiger partial charge < -0.3 is 9.30 Å². The summed E-state index contributed by atoms with van der Waals surface area (Å²) >= 11 is 6.20. The predicted octanol–water partition coefficient (Wildman–Crippen LogP) is 5.72. The zero-order chi connectivity index (χ0) is 29.0. The Kier molecular flexibility index (Phi) is 8.66. The maximum atomic E-state index is 13.7. The fraction of sp³-hybridized carbons (Fsp3) is 0.200. The molecule has 0 aliphatic heterocycles. The zero-order valence-corrected chi connectivity index (χ0v) is 24.5. The number of amides is 1. The minimum absolute atomic E-state index is 0.0278. The van der Waals surface area contributed by atoms with Crippen molar-refractivity contribution >= 4 is 39.4 Å². The highest BCUT2D eigenvalue weighted by molar-refractivity contribution is 7.92. The first-order chi connectivity index (χ1) is 19.0. The van der Waals surface area contributed by atoms with Crippen LogP contribution in [-0.4, -0.2) is 38.8 Å². The van der Waals surface area contributed by atoms with Gasteiger partial charge in [0.1, 0.15) is 12.3 Å². The van der Waals surface area contributed by atoms with Crippen molar-refractivity contribution in [3.05, 3.63) is 106 Å². The van der Waals surface area contributed by atoms with Crippen LogP contribution in [0.15, 0.2) is 82.8 Å². The Bertz CT molecular complexity index is 1660. The molecule has 1 amide bonds. The van der Waals surface area contributed by atoms with Crippen molar-refractivity contribution in [2.24, 2.45) is 5.10 Å². The van der Waals surface area contributed by atoms with E-state index in [0.717, 1.165) is 32.5 Å². The lowest BCUT2D eigenvalue weighted by Crippen LogP contribution is -2.39. The lowest BCUT2D eigenvalue weighted by Gasteiger charge is -2.25. The molecule has 208 valence electrons. The normalized spacial score (nSPS) is 11.6. The Hall–Kier alpha value is -4.08. The summed E-state index contributed by atoms with van der Waals surface area (Å²) in [6.07, 6.45) is 1.55. The molecule has 0 bridgehead atoms. The molecule has 4 aromatic rings. The second kappa shape index (κ2) is 12.0. The zero-order valence-electron chi connectivity index (χ0n) is 23.0. The number of hydrogen-bond donors (Lipinski definition) is 1. The van der Waals surface area contributed by atoms with Gasteiger partial charge in [-0.1, -0.05) is 47.0 Å². The maximum Gasteiger partial charge on any atom is 0.264 e. The van der Waals surface area contributed by atoms with E-state index in [1.807, 2.05) is 58.0 Å². The Balaban J connectivity index is 1.60. The number of halogens is 1. The van der Waals surface area contributed by atoms with Gasteiger partial charge >= 0.3 is 0 Å². The molecule has 0 fully saturated rings. The Morgan fingerprint density at radius 1 is 0.975 bits per heavy atom. The third-order valence-corrected chi connectivity index (χ3v) is 8.47. The Morgan fingerprint density at radius 3 is 2.23 bits per heavy atom. The average molecular weight is 579 g/mol. The number of sulfonamides is 1. The van der Waals surface area contributed by atoms with Crippen molar-refractivity contribution in [2.45, 2.75) is 32.6 Å². The van der Waals surface area contributed by atoms with Crippen LogP contribution in [0.1, 0.15) is 28.1 Å². The molecule has 4 rings (SSSR count). The molecule has 0 unspecified atom stereocenters. The molecule has 8 nitrogen and oxygen atoms in total. The second-order valence-corrected chi connectivity index (χ2v) is 11.7. The number of anilines is 1. The van der Waals surface area contributed by atoms with E-state index in [9.17, 15) is 13.2 Å². The number of ether oxygens (including phenoxy) is 1. The molecule has 1 heterocycles. The maximum absolute atomic E-state index is 13.7. The monoisotopic (exact) mass is 578 g/mol. The number of carbonyl (C=O) groups excluding carboxylic acids is 1. The predicted molar refractivity (Wildman–Crippen MR) is 159 cm³/mol. The third kappa shape index (κ3) is 6.21. The van der Waals surface area contributed by atoms with Gasteiger partial charge in [-0.2, -0.15) is 5.10 Å². The molecule has 3 aromatic carbocycles. The number of aromatic nitrogens is 1. The largest absolute Gasteiger partial charge is 0.495 e. The molecular weight excluding hydrogens is 548 g/mol. The molecule has 0 saturated heterocycles. The van der Waals surface area contributed by atoms with Crippen molar-refractivity contribution in [3.63, 3.8) is 0 Å². The van der Waals surface area contributed by atoms with Crippen LogP contribution in [0, 0.1) is 27.7 Å². The summed E-state index contributed by atoms with van der Waals surface area (Å²) in [4.78, 5) is 13.1. The first-order valence-corrected chi connectivity index (χ1v) is 14.3. The van der Waals surface area contributed by atoms with Crippen molar-refractivity contribution < 1.29 is 17.9 Å². The summed E-state index contributed by atoms with van der Waals surface area (Å²) < 4.78 is 35.9. The van der Waals surface area contributed by atoms with E-state index < -0.39 is 22.5 Å². The molecule has 40 heavy (non-hydrogen) atoms. The van der Waals surface area contributed by atoms with Crippen LogP contribution in [0.25, 0.3) is 5.69 Å². The van der Waals surface area contributed by atoms with Crippen LogP contribution in [0.4, 0.5) is 5.69 Å². The third-order valence-electron chi connectivity index (χ3n) is 6.46. The van der Waals surface area contributed by atoms with Gasteiger partial charge in [-0.3, -0.25) is 9.10 Å². The van der Waals surface area contributed by atoms with E-state index in [1.54, 1.807) is 30.5 Å². The van der Waals surface area contributed by atoms with Gasteiger partial charge in [0.15, 0.2) is 0 Å². The van der Waals surface area contributed by atoms with Crippen LogP contribution in [0.3, 0.4) is 0 Å². The second-order valence-electron chi connectivity index (χ2n) is 9.43. The fourth-order valence-corrected chi connectivity index (χ4v) is 5.93. The smallest absolute Gasteiger partial charge is 0.264 e. The van der Waals surface area contributed by atoms with Crippen molar-refractivity contribution in [3.8, 4) is 11.4 Å². The number of hydrogen-bond acceptors (Lipinski definition) is 5. The number of aryl methyl sites for hydroxylation is 3.